The Balaban J connectivity index is 1.76. The Morgan fingerprint density at radius 2 is 1.83 bits per heavy atom. The number of nitriles is 2. The minimum absolute atomic E-state index is 0.136. The van der Waals surface area contributed by atoms with Crippen LogP contribution < -0.4 is 25.0 Å². The van der Waals surface area contributed by atoms with Crippen LogP contribution in [0.3, 0.4) is 0 Å². The van der Waals surface area contributed by atoms with E-state index < -0.39 is 5.91 Å². The molecule has 2 N–H and O–H groups in total. The van der Waals surface area contributed by atoms with Crippen LogP contribution in [0.1, 0.15) is 11.1 Å². The Labute approximate surface area is 216 Å². The van der Waals surface area contributed by atoms with Crippen LogP contribution in [0.2, 0.25) is 5.02 Å². The average molecular weight is 521 g/mol. The number of ether oxygens (including phenoxy) is 1. The number of hydrogen-bond donors (Lipinski definition) is 2. The van der Waals surface area contributed by atoms with Crippen molar-refractivity contribution in [3.63, 3.8) is 0 Å². The molecule has 0 aliphatic carbocycles. The van der Waals surface area contributed by atoms with Crippen molar-refractivity contribution in [2.45, 2.75) is 0 Å². The molecule has 182 valence electrons. The first kappa shape index (κ1) is 25.4. The van der Waals surface area contributed by atoms with Gasteiger partial charge >= 0.3 is 0 Å². The molecule has 2 heterocycles. The number of morpholine rings is 1. The van der Waals surface area contributed by atoms with Gasteiger partial charge in [0.05, 0.1) is 48.2 Å². The standard InChI is InChI=1S/C26H22ClN5O3S/c27-20-5-7-21(8-6-20)32-25(34)23(15-18-1-3-19(16-28)4-2-18)36-26(32)22(17-29)24(33)30-9-10-31-11-13-35-14-12-31/h1-8,15H,9-14H2,(H,30,33)/p+1/b23-15+,26-22-. The number of aromatic nitrogens is 1. The minimum atomic E-state index is -0.529. The van der Waals surface area contributed by atoms with Crippen molar-refractivity contribution in [3.8, 4) is 17.8 Å². The van der Waals surface area contributed by atoms with E-state index in [2.05, 4.69) is 11.4 Å². The summed E-state index contributed by atoms with van der Waals surface area (Å²) in [5, 5.41) is 22.3. The van der Waals surface area contributed by atoms with Gasteiger partial charge < -0.3 is 15.0 Å². The van der Waals surface area contributed by atoms with Crippen LogP contribution in [0.5, 0.6) is 0 Å². The minimum Gasteiger partial charge on any atom is -0.370 e. The number of hydrogen-bond acceptors (Lipinski definition) is 6. The Morgan fingerprint density at radius 1 is 1.14 bits per heavy atom. The second-order valence-corrected chi connectivity index (χ2v) is 9.59. The highest BCUT2D eigenvalue weighted by atomic mass is 35.5. The van der Waals surface area contributed by atoms with Crippen LogP contribution in [0.15, 0.2) is 53.3 Å². The zero-order valence-electron chi connectivity index (χ0n) is 19.3. The lowest BCUT2D eigenvalue weighted by Gasteiger charge is -2.23. The molecule has 1 aliphatic heterocycles. The number of benzene rings is 2. The Morgan fingerprint density at radius 3 is 2.47 bits per heavy atom. The Kier molecular flexibility index (Phi) is 8.32. The molecule has 1 fully saturated rings. The molecule has 1 aliphatic rings. The maximum absolute atomic E-state index is 13.5. The van der Waals surface area contributed by atoms with Crippen molar-refractivity contribution < 1.29 is 14.4 Å². The fourth-order valence-electron chi connectivity index (χ4n) is 3.83. The third kappa shape index (κ3) is 5.91. The zero-order valence-corrected chi connectivity index (χ0v) is 20.9. The monoisotopic (exact) mass is 520 g/mol. The van der Waals surface area contributed by atoms with Gasteiger partial charge in [-0.15, -0.1) is 11.3 Å². The number of carbonyl (C=O) groups excluding carboxylic acids is 1. The van der Waals surface area contributed by atoms with Crippen molar-refractivity contribution in [1.82, 2.24) is 9.88 Å². The van der Waals surface area contributed by atoms with Gasteiger partial charge in [-0.1, -0.05) is 23.7 Å². The van der Waals surface area contributed by atoms with Gasteiger partial charge in [0.2, 0.25) is 0 Å². The maximum atomic E-state index is 13.5. The van der Waals surface area contributed by atoms with E-state index in [9.17, 15) is 14.9 Å². The molecule has 0 saturated carbocycles. The molecule has 0 atom stereocenters. The van der Waals surface area contributed by atoms with Crippen molar-refractivity contribution >= 4 is 40.5 Å². The molecule has 0 radical (unpaired) electrons. The van der Waals surface area contributed by atoms with E-state index in [0.717, 1.165) is 36.5 Å². The highest BCUT2D eigenvalue weighted by molar-refractivity contribution is 7.07. The predicted molar refractivity (Wildman–Crippen MR) is 137 cm³/mol. The fraction of sp³-hybridized carbons (Fsp3) is 0.231. The highest BCUT2D eigenvalue weighted by Gasteiger charge is 2.18. The van der Waals surface area contributed by atoms with Gasteiger partial charge in [0.25, 0.3) is 11.5 Å². The normalized spacial score (nSPS) is 15.1. The quantitative estimate of drug-likeness (QED) is 0.473. The van der Waals surface area contributed by atoms with Gasteiger partial charge in [0.15, 0.2) is 5.57 Å². The first-order valence-electron chi connectivity index (χ1n) is 11.3. The number of thiazole rings is 1. The number of carbonyl (C=O) groups is 1. The van der Waals surface area contributed by atoms with Crippen LogP contribution >= 0.6 is 22.9 Å². The van der Waals surface area contributed by atoms with Crippen LogP contribution in [-0.4, -0.2) is 49.9 Å². The summed E-state index contributed by atoms with van der Waals surface area (Å²) in [4.78, 5) is 27.8. The SMILES string of the molecule is N#C/C(C(=O)NCC[NH+]1CCOCC1)=c1/s/c(=C/c2ccc(C#N)cc2)c(=O)n1-c1ccc(Cl)cc1. The van der Waals surface area contributed by atoms with Crippen molar-refractivity contribution in [3.05, 3.63) is 84.2 Å². The highest BCUT2D eigenvalue weighted by Crippen LogP contribution is 2.11. The fourth-order valence-corrected chi connectivity index (χ4v) is 5.05. The van der Waals surface area contributed by atoms with Crippen LogP contribution in [0.4, 0.5) is 0 Å². The molecule has 2 aromatic carbocycles. The predicted octanol–water partition coefficient (Wildman–Crippen LogP) is -0.0415. The third-order valence-corrected chi connectivity index (χ3v) is 7.11. The molecular weight excluding hydrogens is 498 g/mol. The molecule has 3 aromatic rings. The second kappa shape index (κ2) is 11.8. The lowest BCUT2D eigenvalue weighted by Crippen LogP contribution is -3.14. The largest absolute Gasteiger partial charge is 0.370 e. The molecule has 0 unspecified atom stereocenters. The molecule has 1 amide bonds. The number of rotatable bonds is 6. The van der Waals surface area contributed by atoms with E-state index in [4.69, 9.17) is 21.6 Å². The van der Waals surface area contributed by atoms with Gasteiger partial charge in [-0.25, -0.2) is 0 Å². The number of amides is 1. The summed E-state index contributed by atoms with van der Waals surface area (Å²) in [7, 11) is 0. The van der Waals surface area contributed by atoms with E-state index in [1.54, 1.807) is 54.6 Å². The molecule has 4 rings (SSSR count). The van der Waals surface area contributed by atoms with E-state index in [1.165, 1.54) is 9.47 Å². The second-order valence-electron chi connectivity index (χ2n) is 8.12. The zero-order chi connectivity index (χ0) is 25.5. The lowest BCUT2D eigenvalue weighted by molar-refractivity contribution is -0.906. The summed E-state index contributed by atoms with van der Waals surface area (Å²) in [6.45, 7) is 4.26. The summed E-state index contributed by atoms with van der Waals surface area (Å²) in [5.74, 6) is -0.529. The number of halogens is 1. The molecular formula is C26H23ClN5O3S+. The molecule has 1 aromatic heterocycles. The van der Waals surface area contributed by atoms with Gasteiger partial charge in [-0.05, 0) is 48.0 Å². The van der Waals surface area contributed by atoms with E-state index >= 15 is 0 Å². The maximum Gasteiger partial charge on any atom is 0.273 e. The van der Waals surface area contributed by atoms with Gasteiger partial charge in [-0.3, -0.25) is 14.2 Å². The number of nitrogens with zero attached hydrogens (tertiary/aromatic N) is 3. The molecule has 36 heavy (non-hydrogen) atoms. The van der Waals surface area contributed by atoms with E-state index in [-0.39, 0.29) is 15.8 Å². The Hall–Kier alpha value is -3.73. The van der Waals surface area contributed by atoms with Crippen molar-refractivity contribution in [2.75, 3.05) is 39.4 Å². The first-order chi connectivity index (χ1) is 17.5. The van der Waals surface area contributed by atoms with Crippen molar-refractivity contribution in [1.29, 1.82) is 10.5 Å². The van der Waals surface area contributed by atoms with Gasteiger partial charge in [0.1, 0.15) is 23.8 Å². The molecule has 0 spiro atoms. The summed E-state index contributed by atoms with van der Waals surface area (Å²) in [5.41, 5.74) is 1.23. The van der Waals surface area contributed by atoms with Crippen LogP contribution in [0, 0.1) is 22.7 Å². The van der Waals surface area contributed by atoms with Crippen LogP contribution in [-0.2, 0) is 9.53 Å². The third-order valence-electron chi connectivity index (χ3n) is 5.76. The summed E-state index contributed by atoms with van der Waals surface area (Å²) in [6, 6.07) is 17.5. The summed E-state index contributed by atoms with van der Waals surface area (Å²) >= 11 is 7.10. The summed E-state index contributed by atoms with van der Waals surface area (Å²) < 4.78 is 7.31. The van der Waals surface area contributed by atoms with Crippen LogP contribution in [0.25, 0.3) is 17.3 Å². The Bertz CT molecular complexity index is 1510. The molecule has 8 nitrogen and oxygen atoms in total. The average Bonchev–Trinajstić information content (AvgIpc) is 3.21. The summed E-state index contributed by atoms with van der Waals surface area (Å²) in [6.07, 6.45) is 1.68. The van der Waals surface area contributed by atoms with Crippen molar-refractivity contribution in [2.24, 2.45) is 0 Å². The lowest BCUT2D eigenvalue weighted by atomic mass is 10.1. The smallest absolute Gasteiger partial charge is 0.273 e. The molecule has 0 bridgehead atoms. The van der Waals surface area contributed by atoms with Gasteiger partial charge in [-0.2, -0.15) is 10.5 Å². The first-order valence-corrected chi connectivity index (χ1v) is 12.5. The van der Waals surface area contributed by atoms with E-state index in [0.29, 0.717) is 40.6 Å². The number of nitrogens with one attached hydrogen (secondary N) is 2. The molecule has 10 heteroatoms. The molecule has 1 saturated heterocycles. The topological polar surface area (TPSA) is 112 Å². The van der Waals surface area contributed by atoms with Gasteiger partial charge in [0, 0.05) is 5.02 Å². The number of quaternary nitrogens is 1. The van der Waals surface area contributed by atoms with E-state index in [1.807, 2.05) is 6.07 Å².